The molecule has 0 aromatic rings. The lowest BCUT2D eigenvalue weighted by molar-refractivity contribution is -0.137. The third-order valence-corrected chi connectivity index (χ3v) is 2.66. The normalized spacial score (nSPS) is 25.6. The predicted molar refractivity (Wildman–Crippen MR) is 51.8 cm³/mol. The summed E-state index contributed by atoms with van der Waals surface area (Å²) in [5.74, 6) is -0.941. The van der Waals surface area contributed by atoms with Gasteiger partial charge in [0.15, 0.2) is 0 Å². The molecule has 1 rings (SSSR count). The zero-order chi connectivity index (χ0) is 10.8. The Labute approximate surface area is 83.7 Å². The summed E-state index contributed by atoms with van der Waals surface area (Å²) in [5, 5.41) is 11.4. The lowest BCUT2D eigenvalue weighted by atomic mass is 9.84. The molecule has 1 heterocycles. The smallest absolute Gasteiger partial charge is 0.303 e. The molecule has 0 spiro atoms. The molecule has 0 aliphatic carbocycles. The van der Waals surface area contributed by atoms with Crippen LogP contribution in [-0.4, -0.2) is 22.5 Å². The van der Waals surface area contributed by atoms with Gasteiger partial charge in [0.25, 0.3) is 0 Å². The molecular formula is C10H17NO3. The lowest BCUT2D eigenvalue weighted by Gasteiger charge is -2.34. The summed E-state index contributed by atoms with van der Waals surface area (Å²) in [5.41, 5.74) is -0.128. The Morgan fingerprint density at radius 2 is 2.29 bits per heavy atom. The minimum atomic E-state index is -0.831. The van der Waals surface area contributed by atoms with Crippen LogP contribution in [0.4, 0.5) is 0 Å². The topological polar surface area (TPSA) is 66.4 Å². The van der Waals surface area contributed by atoms with Crippen molar-refractivity contribution in [3.8, 4) is 0 Å². The summed E-state index contributed by atoms with van der Waals surface area (Å²) in [6.45, 7) is 3.97. The van der Waals surface area contributed by atoms with Crippen molar-refractivity contribution >= 4 is 11.9 Å². The van der Waals surface area contributed by atoms with Gasteiger partial charge < -0.3 is 10.4 Å². The number of hydrogen-bond acceptors (Lipinski definition) is 2. The largest absolute Gasteiger partial charge is 0.481 e. The molecule has 14 heavy (non-hydrogen) atoms. The molecule has 1 aliphatic heterocycles. The van der Waals surface area contributed by atoms with E-state index in [0.29, 0.717) is 6.42 Å². The first-order valence-electron chi connectivity index (χ1n) is 4.94. The van der Waals surface area contributed by atoms with E-state index in [1.165, 1.54) is 0 Å². The van der Waals surface area contributed by atoms with Crippen molar-refractivity contribution in [1.82, 2.24) is 5.32 Å². The van der Waals surface area contributed by atoms with Gasteiger partial charge in [0.1, 0.15) is 0 Å². The second-order valence-corrected chi connectivity index (χ2v) is 4.54. The Morgan fingerprint density at radius 1 is 1.64 bits per heavy atom. The fraction of sp³-hybridized carbons (Fsp3) is 0.800. The monoisotopic (exact) mass is 199 g/mol. The van der Waals surface area contributed by atoms with Crippen LogP contribution in [0.1, 0.15) is 39.5 Å². The number of carboxylic acid groups (broad SMARTS) is 1. The van der Waals surface area contributed by atoms with E-state index in [0.717, 1.165) is 12.8 Å². The first-order valence-corrected chi connectivity index (χ1v) is 4.94. The summed E-state index contributed by atoms with van der Waals surface area (Å²) in [6.07, 6.45) is 2.25. The summed E-state index contributed by atoms with van der Waals surface area (Å²) >= 11 is 0. The van der Waals surface area contributed by atoms with Gasteiger partial charge in [-0.05, 0) is 33.1 Å². The van der Waals surface area contributed by atoms with E-state index < -0.39 is 5.97 Å². The zero-order valence-corrected chi connectivity index (χ0v) is 8.67. The van der Waals surface area contributed by atoms with Crippen LogP contribution in [0.15, 0.2) is 0 Å². The highest BCUT2D eigenvalue weighted by Gasteiger charge is 2.32. The van der Waals surface area contributed by atoms with E-state index in [1.54, 1.807) is 0 Å². The molecule has 0 bridgehead atoms. The number of carboxylic acids is 1. The van der Waals surface area contributed by atoms with Crippen molar-refractivity contribution in [3.05, 3.63) is 0 Å². The molecule has 2 N–H and O–H groups in total. The third kappa shape index (κ3) is 3.01. The molecule has 0 aromatic heterocycles. The van der Waals surface area contributed by atoms with Crippen molar-refractivity contribution in [2.24, 2.45) is 5.92 Å². The second kappa shape index (κ2) is 3.98. The van der Waals surface area contributed by atoms with Crippen LogP contribution in [0.2, 0.25) is 0 Å². The first kappa shape index (κ1) is 11.0. The Hall–Kier alpha value is -1.06. The van der Waals surface area contributed by atoms with E-state index >= 15 is 0 Å². The van der Waals surface area contributed by atoms with Crippen LogP contribution in [0.25, 0.3) is 0 Å². The van der Waals surface area contributed by atoms with E-state index in [4.69, 9.17) is 5.11 Å². The quantitative estimate of drug-likeness (QED) is 0.716. The lowest BCUT2D eigenvalue weighted by Crippen LogP contribution is -2.50. The SMILES string of the molecule is CC1(C)CCC(CCC(=O)O)C(=O)N1. The fourth-order valence-corrected chi connectivity index (χ4v) is 1.74. The van der Waals surface area contributed by atoms with Crippen molar-refractivity contribution in [1.29, 1.82) is 0 Å². The van der Waals surface area contributed by atoms with Crippen molar-refractivity contribution in [3.63, 3.8) is 0 Å². The average Bonchev–Trinajstić information content (AvgIpc) is 2.00. The van der Waals surface area contributed by atoms with Gasteiger partial charge >= 0.3 is 5.97 Å². The van der Waals surface area contributed by atoms with Crippen LogP contribution in [0.5, 0.6) is 0 Å². The van der Waals surface area contributed by atoms with Crippen LogP contribution in [0, 0.1) is 5.92 Å². The average molecular weight is 199 g/mol. The molecule has 1 unspecified atom stereocenters. The maximum absolute atomic E-state index is 11.5. The van der Waals surface area contributed by atoms with Gasteiger partial charge in [0, 0.05) is 17.9 Å². The van der Waals surface area contributed by atoms with Crippen molar-refractivity contribution < 1.29 is 14.7 Å². The molecule has 0 radical (unpaired) electrons. The maximum Gasteiger partial charge on any atom is 0.303 e. The number of carbonyl (C=O) groups is 2. The zero-order valence-electron chi connectivity index (χ0n) is 8.67. The molecule has 1 fully saturated rings. The highest BCUT2D eigenvalue weighted by atomic mass is 16.4. The standard InChI is InChI=1S/C10H17NO3/c1-10(2)6-5-7(9(14)11-10)3-4-8(12)13/h7H,3-6H2,1-2H3,(H,11,14)(H,12,13). The Morgan fingerprint density at radius 3 is 2.79 bits per heavy atom. The fourth-order valence-electron chi connectivity index (χ4n) is 1.74. The van der Waals surface area contributed by atoms with E-state index in [9.17, 15) is 9.59 Å². The van der Waals surface area contributed by atoms with E-state index in [2.05, 4.69) is 5.32 Å². The van der Waals surface area contributed by atoms with Crippen LogP contribution in [0.3, 0.4) is 0 Å². The summed E-state index contributed by atoms with van der Waals surface area (Å²) < 4.78 is 0. The minimum absolute atomic E-state index is 0.00231. The molecule has 1 atom stereocenters. The summed E-state index contributed by atoms with van der Waals surface area (Å²) in [6, 6.07) is 0. The highest BCUT2D eigenvalue weighted by molar-refractivity contribution is 5.80. The van der Waals surface area contributed by atoms with Crippen molar-refractivity contribution in [2.75, 3.05) is 0 Å². The number of amides is 1. The highest BCUT2D eigenvalue weighted by Crippen LogP contribution is 2.25. The van der Waals surface area contributed by atoms with Crippen LogP contribution in [-0.2, 0) is 9.59 Å². The predicted octanol–water partition coefficient (Wildman–Crippen LogP) is 1.16. The van der Waals surface area contributed by atoms with Gasteiger partial charge in [-0.1, -0.05) is 0 Å². The number of piperidine rings is 1. The summed E-state index contributed by atoms with van der Waals surface area (Å²) in [7, 11) is 0. The minimum Gasteiger partial charge on any atom is -0.481 e. The number of rotatable bonds is 3. The molecule has 4 heteroatoms. The molecule has 4 nitrogen and oxygen atoms in total. The molecule has 0 aromatic carbocycles. The molecule has 0 saturated carbocycles. The second-order valence-electron chi connectivity index (χ2n) is 4.54. The maximum atomic E-state index is 11.5. The van der Waals surface area contributed by atoms with Crippen molar-refractivity contribution in [2.45, 2.75) is 45.1 Å². The van der Waals surface area contributed by atoms with Gasteiger partial charge in [-0.25, -0.2) is 0 Å². The van der Waals surface area contributed by atoms with Gasteiger partial charge in [0.05, 0.1) is 0 Å². The number of nitrogens with one attached hydrogen (secondary N) is 1. The summed E-state index contributed by atoms with van der Waals surface area (Å²) in [4.78, 5) is 21.9. The van der Waals surface area contributed by atoms with Gasteiger partial charge in [-0.3, -0.25) is 9.59 Å². The molecule has 1 amide bonds. The third-order valence-electron chi connectivity index (χ3n) is 2.66. The molecule has 1 aliphatic rings. The van der Waals surface area contributed by atoms with Crippen LogP contribution < -0.4 is 5.32 Å². The number of aliphatic carboxylic acids is 1. The molecule has 80 valence electrons. The Kier molecular flexibility index (Phi) is 3.13. The number of carbonyl (C=O) groups excluding carboxylic acids is 1. The molecule has 1 saturated heterocycles. The molecular weight excluding hydrogens is 182 g/mol. The van der Waals surface area contributed by atoms with E-state index in [-0.39, 0.29) is 23.8 Å². The van der Waals surface area contributed by atoms with Gasteiger partial charge in [-0.2, -0.15) is 0 Å². The van der Waals surface area contributed by atoms with E-state index in [1.807, 2.05) is 13.8 Å². The van der Waals surface area contributed by atoms with Crippen LogP contribution >= 0.6 is 0 Å². The number of hydrogen-bond donors (Lipinski definition) is 2. The Balaban J connectivity index is 2.42. The first-order chi connectivity index (χ1) is 6.41. The van der Waals surface area contributed by atoms with Gasteiger partial charge in [0.2, 0.25) is 5.91 Å². The van der Waals surface area contributed by atoms with Gasteiger partial charge in [-0.15, -0.1) is 0 Å². The Bertz CT molecular complexity index is 248.